The van der Waals surface area contributed by atoms with Gasteiger partial charge in [0.2, 0.25) is 5.91 Å². The molecule has 0 aromatic heterocycles. The fourth-order valence-electron chi connectivity index (χ4n) is 3.60. The number of hydrogen-bond donors (Lipinski definition) is 2. The molecule has 0 radical (unpaired) electrons. The van der Waals surface area contributed by atoms with Crippen LogP contribution < -0.4 is 15.5 Å². The molecule has 0 spiro atoms. The van der Waals surface area contributed by atoms with Crippen LogP contribution in [0.15, 0.2) is 90.0 Å². The summed E-state index contributed by atoms with van der Waals surface area (Å²) in [6.07, 6.45) is 1.54. The van der Waals surface area contributed by atoms with Gasteiger partial charge in [0.15, 0.2) is 0 Å². The van der Waals surface area contributed by atoms with E-state index in [9.17, 15) is 9.59 Å². The molecule has 156 valence electrons. The van der Waals surface area contributed by atoms with Gasteiger partial charge in [-0.3, -0.25) is 9.59 Å². The zero-order valence-corrected chi connectivity index (χ0v) is 16.9. The van der Waals surface area contributed by atoms with Gasteiger partial charge in [-0.05, 0) is 28.8 Å². The minimum Gasteiger partial charge on any atom is -0.489 e. The van der Waals surface area contributed by atoms with Crippen molar-refractivity contribution in [1.82, 2.24) is 10.7 Å². The SMILES string of the molecule is O=C1NCC(c2ccccc2)C1C(=O)NN=Cc1cccc(OCc2ccccc2)c1. The molecule has 2 N–H and O–H groups in total. The van der Waals surface area contributed by atoms with Gasteiger partial charge in [-0.15, -0.1) is 0 Å². The fourth-order valence-corrected chi connectivity index (χ4v) is 3.60. The van der Waals surface area contributed by atoms with Crippen molar-refractivity contribution >= 4 is 18.0 Å². The standard InChI is InChI=1S/C25H23N3O3/c29-24-23(22(16-26-24)20-11-5-2-6-12-20)25(30)28-27-15-19-10-7-13-21(14-19)31-17-18-8-3-1-4-9-18/h1-15,22-23H,16-17H2,(H,26,29)(H,28,30). The molecule has 0 aliphatic carbocycles. The molecule has 2 unspecified atom stereocenters. The summed E-state index contributed by atoms with van der Waals surface area (Å²) in [7, 11) is 0. The highest BCUT2D eigenvalue weighted by molar-refractivity contribution is 6.03. The Kier molecular flexibility index (Phi) is 6.38. The normalized spacial score (nSPS) is 18.0. The van der Waals surface area contributed by atoms with Crippen LogP contribution in [-0.2, 0) is 16.2 Å². The maximum absolute atomic E-state index is 12.6. The Bertz CT molecular complexity index is 1070. The van der Waals surface area contributed by atoms with Crippen molar-refractivity contribution in [3.05, 3.63) is 102 Å². The summed E-state index contributed by atoms with van der Waals surface area (Å²) in [5.74, 6) is -1.01. The molecule has 2 amide bonds. The van der Waals surface area contributed by atoms with Gasteiger partial charge < -0.3 is 10.1 Å². The molecule has 1 saturated heterocycles. The summed E-state index contributed by atoms with van der Waals surface area (Å²) in [5, 5.41) is 6.82. The first-order valence-electron chi connectivity index (χ1n) is 10.1. The summed E-state index contributed by atoms with van der Waals surface area (Å²) in [6.45, 7) is 0.904. The predicted molar refractivity (Wildman–Crippen MR) is 119 cm³/mol. The third-order valence-corrected chi connectivity index (χ3v) is 5.19. The van der Waals surface area contributed by atoms with Gasteiger partial charge in [0.25, 0.3) is 5.91 Å². The zero-order valence-electron chi connectivity index (χ0n) is 16.9. The molecule has 0 bridgehead atoms. The van der Waals surface area contributed by atoms with E-state index < -0.39 is 11.8 Å². The van der Waals surface area contributed by atoms with Crippen LogP contribution in [0.5, 0.6) is 5.75 Å². The van der Waals surface area contributed by atoms with Gasteiger partial charge >= 0.3 is 0 Å². The number of carbonyl (C=O) groups is 2. The molecule has 6 nitrogen and oxygen atoms in total. The van der Waals surface area contributed by atoms with Crippen molar-refractivity contribution in [3.63, 3.8) is 0 Å². The molecule has 6 heteroatoms. The summed E-state index contributed by atoms with van der Waals surface area (Å²) in [4.78, 5) is 24.9. The van der Waals surface area contributed by atoms with E-state index in [1.807, 2.05) is 84.9 Å². The van der Waals surface area contributed by atoms with Gasteiger partial charge in [0.1, 0.15) is 18.3 Å². The average Bonchev–Trinajstić information content (AvgIpc) is 3.21. The lowest BCUT2D eigenvalue weighted by Gasteiger charge is -2.15. The minimum atomic E-state index is -0.805. The minimum absolute atomic E-state index is 0.210. The molecule has 1 heterocycles. The Hall–Kier alpha value is -3.93. The molecule has 1 aliphatic heterocycles. The number of nitrogens with one attached hydrogen (secondary N) is 2. The van der Waals surface area contributed by atoms with E-state index >= 15 is 0 Å². The number of ether oxygens (including phenoxy) is 1. The molecule has 1 aliphatic rings. The number of carbonyl (C=O) groups excluding carboxylic acids is 2. The second kappa shape index (κ2) is 9.71. The van der Waals surface area contributed by atoms with Crippen LogP contribution in [0.3, 0.4) is 0 Å². The number of amides is 2. The number of rotatable bonds is 7. The Morgan fingerprint density at radius 1 is 1.03 bits per heavy atom. The number of benzene rings is 3. The first-order valence-corrected chi connectivity index (χ1v) is 10.1. The number of hydrazone groups is 1. The lowest BCUT2D eigenvalue weighted by atomic mass is 9.88. The lowest BCUT2D eigenvalue weighted by molar-refractivity contribution is -0.133. The quantitative estimate of drug-likeness (QED) is 0.355. The number of hydrogen-bond acceptors (Lipinski definition) is 4. The fraction of sp³-hybridized carbons (Fsp3) is 0.160. The molecular formula is C25H23N3O3. The van der Waals surface area contributed by atoms with Gasteiger partial charge in [0, 0.05) is 12.5 Å². The Labute approximate surface area is 180 Å². The molecular weight excluding hydrogens is 390 g/mol. The molecule has 3 aromatic rings. The van der Waals surface area contributed by atoms with E-state index in [0.29, 0.717) is 18.9 Å². The first kappa shape index (κ1) is 20.3. The highest BCUT2D eigenvalue weighted by Gasteiger charge is 2.40. The molecule has 31 heavy (non-hydrogen) atoms. The summed E-state index contributed by atoms with van der Waals surface area (Å²) in [5.41, 5.74) is 5.32. The summed E-state index contributed by atoms with van der Waals surface area (Å²) in [6, 6.07) is 26.9. The van der Waals surface area contributed by atoms with Gasteiger partial charge in [-0.25, -0.2) is 5.43 Å². The maximum atomic E-state index is 12.6. The van der Waals surface area contributed by atoms with Gasteiger partial charge in [-0.2, -0.15) is 5.10 Å². The van der Waals surface area contributed by atoms with E-state index in [1.54, 1.807) is 0 Å². The van der Waals surface area contributed by atoms with Gasteiger partial charge in [0.05, 0.1) is 6.21 Å². The predicted octanol–water partition coefficient (Wildman–Crippen LogP) is 3.25. The Morgan fingerprint density at radius 2 is 1.77 bits per heavy atom. The van der Waals surface area contributed by atoms with Crippen molar-refractivity contribution in [1.29, 1.82) is 0 Å². The van der Waals surface area contributed by atoms with E-state index in [0.717, 1.165) is 16.7 Å². The van der Waals surface area contributed by atoms with Gasteiger partial charge in [-0.1, -0.05) is 72.8 Å². The van der Waals surface area contributed by atoms with Crippen LogP contribution in [0.2, 0.25) is 0 Å². The number of nitrogens with zero attached hydrogens (tertiary/aromatic N) is 1. The van der Waals surface area contributed by atoms with Crippen LogP contribution in [0.4, 0.5) is 0 Å². The third kappa shape index (κ3) is 5.17. The van der Waals surface area contributed by atoms with Crippen LogP contribution in [0.1, 0.15) is 22.6 Å². The van der Waals surface area contributed by atoms with Crippen LogP contribution >= 0.6 is 0 Å². The van der Waals surface area contributed by atoms with E-state index in [2.05, 4.69) is 15.8 Å². The summed E-state index contributed by atoms with van der Waals surface area (Å²) >= 11 is 0. The van der Waals surface area contributed by atoms with Crippen molar-refractivity contribution in [2.75, 3.05) is 6.54 Å². The topological polar surface area (TPSA) is 79.8 Å². The smallest absolute Gasteiger partial charge is 0.253 e. The summed E-state index contributed by atoms with van der Waals surface area (Å²) < 4.78 is 5.82. The van der Waals surface area contributed by atoms with E-state index in [1.165, 1.54) is 6.21 Å². The third-order valence-electron chi connectivity index (χ3n) is 5.19. The van der Waals surface area contributed by atoms with Crippen LogP contribution in [0.25, 0.3) is 0 Å². The van der Waals surface area contributed by atoms with Crippen LogP contribution in [0, 0.1) is 5.92 Å². The molecule has 3 aromatic carbocycles. The maximum Gasteiger partial charge on any atom is 0.253 e. The van der Waals surface area contributed by atoms with Crippen molar-refractivity contribution in [2.45, 2.75) is 12.5 Å². The monoisotopic (exact) mass is 413 g/mol. The molecule has 4 rings (SSSR count). The average molecular weight is 413 g/mol. The highest BCUT2D eigenvalue weighted by Crippen LogP contribution is 2.29. The zero-order chi connectivity index (χ0) is 21.5. The molecule has 0 saturated carbocycles. The molecule has 1 fully saturated rings. The van der Waals surface area contributed by atoms with Crippen molar-refractivity contribution in [2.24, 2.45) is 11.0 Å². The van der Waals surface area contributed by atoms with Crippen LogP contribution in [-0.4, -0.2) is 24.6 Å². The van der Waals surface area contributed by atoms with E-state index in [-0.39, 0.29) is 11.8 Å². The first-order chi connectivity index (χ1) is 15.2. The van der Waals surface area contributed by atoms with E-state index in [4.69, 9.17) is 4.74 Å². The lowest BCUT2D eigenvalue weighted by Crippen LogP contribution is -2.34. The second-order valence-corrected chi connectivity index (χ2v) is 7.32. The Morgan fingerprint density at radius 3 is 2.55 bits per heavy atom. The highest BCUT2D eigenvalue weighted by atomic mass is 16.5. The largest absolute Gasteiger partial charge is 0.489 e. The van der Waals surface area contributed by atoms with Crippen molar-refractivity contribution < 1.29 is 14.3 Å². The second-order valence-electron chi connectivity index (χ2n) is 7.32. The molecule has 2 atom stereocenters. The Balaban J connectivity index is 1.36. The van der Waals surface area contributed by atoms with Crippen molar-refractivity contribution in [3.8, 4) is 5.75 Å².